The summed E-state index contributed by atoms with van der Waals surface area (Å²) < 4.78 is 0. The van der Waals surface area contributed by atoms with Crippen LogP contribution in [0.2, 0.25) is 0 Å². The summed E-state index contributed by atoms with van der Waals surface area (Å²) in [5.41, 5.74) is 9.58. The summed E-state index contributed by atoms with van der Waals surface area (Å²) in [6.45, 7) is 6.59. The predicted octanol–water partition coefficient (Wildman–Crippen LogP) is 1.86. The Morgan fingerprint density at radius 2 is 2.06 bits per heavy atom. The molecule has 3 nitrogen and oxygen atoms in total. The first-order valence-electron chi connectivity index (χ1n) is 5.63. The second-order valence-electron chi connectivity index (χ2n) is 4.75. The van der Waals surface area contributed by atoms with Gasteiger partial charge in [-0.1, -0.05) is 12.1 Å². The average molecular weight is 218 g/mol. The lowest BCUT2D eigenvalue weighted by Crippen LogP contribution is -2.33. The summed E-state index contributed by atoms with van der Waals surface area (Å²) in [5, 5.41) is 2.99. The normalized spacial score (nSPS) is 23.1. The molecule has 0 bridgehead atoms. The van der Waals surface area contributed by atoms with E-state index in [-0.39, 0.29) is 5.91 Å². The fourth-order valence-corrected chi connectivity index (χ4v) is 2.35. The fraction of sp³-hybridized carbons (Fsp3) is 0.462. The van der Waals surface area contributed by atoms with Crippen LogP contribution in [-0.4, -0.2) is 12.5 Å². The van der Waals surface area contributed by atoms with Crippen LogP contribution in [0.1, 0.15) is 30.0 Å². The van der Waals surface area contributed by atoms with Crippen LogP contribution >= 0.6 is 0 Å². The number of hydrogen-bond donors (Lipinski definition) is 2. The number of anilines is 1. The van der Waals surface area contributed by atoms with Crippen LogP contribution in [0.15, 0.2) is 12.1 Å². The van der Waals surface area contributed by atoms with Crippen molar-refractivity contribution >= 4 is 11.6 Å². The quantitative estimate of drug-likeness (QED) is 0.796. The minimum Gasteiger partial charge on any atom is -0.330 e. The van der Waals surface area contributed by atoms with Crippen molar-refractivity contribution in [3.05, 3.63) is 28.8 Å². The third-order valence-electron chi connectivity index (χ3n) is 3.71. The third-order valence-corrected chi connectivity index (χ3v) is 3.71. The Bertz CT molecular complexity index is 453. The number of nitrogens with two attached hydrogens (primary N) is 1. The number of rotatable bonds is 2. The molecule has 3 heteroatoms. The van der Waals surface area contributed by atoms with Crippen molar-refractivity contribution in [3.8, 4) is 0 Å². The van der Waals surface area contributed by atoms with Crippen molar-refractivity contribution in [2.75, 3.05) is 11.9 Å². The Morgan fingerprint density at radius 3 is 2.69 bits per heavy atom. The first-order chi connectivity index (χ1) is 7.50. The molecule has 2 rings (SSSR count). The maximum atomic E-state index is 12.0. The third kappa shape index (κ3) is 1.35. The van der Waals surface area contributed by atoms with E-state index in [1.807, 2.05) is 19.9 Å². The molecule has 0 aliphatic carbocycles. The molecule has 16 heavy (non-hydrogen) atoms. The molecule has 1 unspecified atom stereocenters. The summed E-state index contributed by atoms with van der Waals surface area (Å²) in [4.78, 5) is 12.0. The van der Waals surface area contributed by atoms with Crippen LogP contribution in [-0.2, 0) is 10.2 Å². The highest BCUT2D eigenvalue weighted by atomic mass is 16.2. The molecule has 1 aliphatic heterocycles. The molecule has 0 saturated carbocycles. The largest absolute Gasteiger partial charge is 0.330 e. The molecule has 1 aromatic rings. The van der Waals surface area contributed by atoms with Crippen LogP contribution in [0.5, 0.6) is 0 Å². The van der Waals surface area contributed by atoms with Crippen LogP contribution in [0.4, 0.5) is 5.69 Å². The molecule has 86 valence electrons. The molecule has 3 N–H and O–H groups in total. The number of hydrogen-bond acceptors (Lipinski definition) is 2. The monoisotopic (exact) mass is 218 g/mol. The summed E-state index contributed by atoms with van der Waals surface area (Å²) in [6, 6.07) is 4.12. The van der Waals surface area contributed by atoms with Crippen LogP contribution < -0.4 is 11.1 Å². The van der Waals surface area contributed by atoms with Crippen LogP contribution in [0.3, 0.4) is 0 Å². The lowest BCUT2D eigenvalue weighted by atomic mass is 9.80. The van der Waals surface area contributed by atoms with Gasteiger partial charge in [-0.25, -0.2) is 0 Å². The van der Waals surface area contributed by atoms with Crippen molar-refractivity contribution in [3.63, 3.8) is 0 Å². The lowest BCUT2D eigenvalue weighted by molar-refractivity contribution is -0.120. The first kappa shape index (κ1) is 11.1. The van der Waals surface area contributed by atoms with E-state index in [0.717, 1.165) is 16.8 Å². The second-order valence-corrected chi connectivity index (χ2v) is 4.75. The molecule has 0 fully saturated rings. The van der Waals surface area contributed by atoms with E-state index in [4.69, 9.17) is 5.73 Å². The van der Waals surface area contributed by atoms with E-state index in [1.165, 1.54) is 5.56 Å². The summed E-state index contributed by atoms with van der Waals surface area (Å²) in [5.74, 6) is 0.0710. The highest BCUT2D eigenvalue weighted by Gasteiger charge is 2.42. The maximum Gasteiger partial charge on any atom is 0.234 e. The van der Waals surface area contributed by atoms with E-state index in [1.54, 1.807) is 0 Å². The van der Waals surface area contributed by atoms with Crippen LogP contribution in [0.25, 0.3) is 0 Å². The first-order valence-corrected chi connectivity index (χ1v) is 5.63. The van der Waals surface area contributed by atoms with Gasteiger partial charge in [0.1, 0.15) is 0 Å². The van der Waals surface area contributed by atoms with Gasteiger partial charge in [-0.05, 0) is 50.4 Å². The molecule has 1 heterocycles. The van der Waals surface area contributed by atoms with Gasteiger partial charge in [0.05, 0.1) is 5.41 Å². The van der Waals surface area contributed by atoms with Gasteiger partial charge >= 0.3 is 0 Å². The number of fused-ring (bicyclic) bond motifs is 1. The van der Waals surface area contributed by atoms with Crippen molar-refractivity contribution in [2.24, 2.45) is 5.73 Å². The molecule has 1 aliphatic rings. The van der Waals surface area contributed by atoms with Gasteiger partial charge in [0.2, 0.25) is 5.91 Å². The Labute approximate surface area is 96.0 Å². The van der Waals surface area contributed by atoms with Gasteiger partial charge in [-0.15, -0.1) is 0 Å². The lowest BCUT2D eigenvalue weighted by Gasteiger charge is -2.21. The van der Waals surface area contributed by atoms with Gasteiger partial charge in [0.15, 0.2) is 0 Å². The number of carbonyl (C=O) groups is 1. The number of nitrogens with one attached hydrogen (secondary N) is 1. The molecule has 0 radical (unpaired) electrons. The topological polar surface area (TPSA) is 55.1 Å². The van der Waals surface area contributed by atoms with E-state index < -0.39 is 5.41 Å². The molecule has 1 amide bonds. The van der Waals surface area contributed by atoms with Crippen molar-refractivity contribution in [2.45, 2.75) is 32.6 Å². The number of aryl methyl sites for hydroxylation is 1. The minimum atomic E-state index is -0.456. The highest BCUT2D eigenvalue weighted by molar-refractivity contribution is 6.06. The van der Waals surface area contributed by atoms with Gasteiger partial charge < -0.3 is 11.1 Å². The molecule has 0 saturated heterocycles. The summed E-state index contributed by atoms with van der Waals surface area (Å²) >= 11 is 0. The van der Waals surface area contributed by atoms with Crippen LogP contribution in [0, 0.1) is 13.8 Å². The van der Waals surface area contributed by atoms with Gasteiger partial charge in [-0.3, -0.25) is 4.79 Å². The number of amides is 1. The van der Waals surface area contributed by atoms with Crippen molar-refractivity contribution < 1.29 is 4.79 Å². The zero-order valence-corrected chi connectivity index (χ0v) is 10.1. The Hall–Kier alpha value is -1.35. The summed E-state index contributed by atoms with van der Waals surface area (Å²) in [7, 11) is 0. The highest BCUT2D eigenvalue weighted by Crippen LogP contribution is 2.42. The molecule has 1 aromatic carbocycles. The number of carbonyl (C=O) groups excluding carboxylic acids is 1. The van der Waals surface area contributed by atoms with Gasteiger partial charge in [0, 0.05) is 5.69 Å². The van der Waals surface area contributed by atoms with Gasteiger partial charge in [0.25, 0.3) is 0 Å². The SMILES string of the molecule is Cc1ccc2c(c1C)NC(=O)C2(C)CCN. The molecule has 0 aromatic heterocycles. The molecule has 0 spiro atoms. The van der Waals surface area contributed by atoms with Gasteiger partial charge in [-0.2, -0.15) is 0 Å². The zero-order chi connectivity index (χ0) is 11.9. The second kappa shape index (κ2) is 3.59. The minimum absolute atomic E-state index is 0.0710. The maximum absolute atomic E-state index is 12.0. The fourth-order valence-electron chi connectivity index (χ4n) is 2.35. The summed E-state index contributed by atoms with van der Waals surface area (Å²) in [6.07, 6.45) is 0.689. The smallest absolute Gasteiger partial charge is 0.234 e. The van der Waals surface area contributed by atoms with Crippen molar-refractivity contribution in [1.82, 2.24) is 0 Å². The zero-order valence-electron chi connectivity index (χ0n) is 10.1. The molecular weight excluding hydrogens is 200 g/mol. The standard InChI is InChI=1S/C13H18N2O/c1-8-4-5-10-11(9(8)2)15-12(16)13(10,3)6-7-14/h4-5H,6-7,14H2,1-3H3,(H,15,16). The van der Waals surface area contributed by atoms with E-state index >= 15 is 0 Å². The molecule has 1 atom stereocenters. The van der Waals surface area contributed by atoms with E-state index in [9.17, 15) is 4.79 Å². The Morgan fingerprint density at radius 1 is 1.38 bits per heavy atom. The van der Waals surface area contributed by atoms with Crippen molar-refractivity contribution in [1.29, 1.82) is 0 Å². The van der Waals surface area contributed by atoms with E-state index in [0.29, 0.717) is 13.0 Å². The Balaban J connectivity index is 2.59. The molecular formula is C13H18N2O. The average Bonchev–Trinajstić information content (AvgIpc) is 2.48. The Kier molecular flexibility index (Phi) is 2.50. The predicted molar refractivity (Wildman–Crippen MR) is 65.6 cm³/mol. The van der Waals surface area contributed by atoms with E-state index in [2.05, 4.69) is 18.3 Å². The number of benzene rings is 1.